The molecule has 2 aromatic carbocycles. The van der Waals surface area contributed by atoms with Gasteiger partial charge in [0.25, 0.3) is 11.1 Å². The molecule has 0 saturated carbocycles. The molecule has 3 rings (SSSR count). The first-order chi connectivity index (χ1) is 11.5. The number of rotatable bonds is 3. The zero-order valence-corrected chi connectivity index (χ0v) is 15.1. The lowest BCUT2D eigenvalue weighted by Crippen LogP contribution is -2.17. The highest BCUT2D eigenvalue weighted by molar-refractivity contribution is 14.1. The highest BCUT2D eigenvalue weighted by atomic mass is 127. The summed E-state index contributed by atoms with van der Waals surface area (Å²) in [5.41, 5.74) is 1.23. The molecular formula is C17H10INO4S. The van der Waals surface area contributed by atoms with Crippen molar-refractivity contribution in [1.29, 1.82) is 0 Å². The minimum absolute atomic E-state index is 0.337. The third kappa shape index (κ3) is 3.85. The van der Waals surface area contributed by atoms with Crippen LogP contribution in [-0.4, -0.2) is 17.1 Å². The quantitative estimate of drug-likeness (QED) is 0.333. The monoisotopic (exact) mass is 451 g/mol. The zero-order valence-electron chi connectivity index (χ0n) is 12.1. The van der Waals surface area contributed by atoms with Gasteiger partial charge in [0.2, 0.25) is 0 Å². The van der Waals surface area contributed by atoms with Gasteiger partial charge in [-0.05, 0) is 70.3 Å². The number of hydrogen-bond acceptors (Lipinski definition) is 5. The fraction of sp³-hybridized carbons (Fsp3) is 0. The molecule has 0 aromatic heterocycles. The predicted octanol–water partition coefficient (Wildman–Crippen LogP) is 3.83. The Labute approximate surface area is 155 Å². The Bertz CT molecular complexity index is 861. The number of imide groups is 1. The van der Waals surface area contributed by atoms with E-state index in [1.165, 1.54) is 0 Å². The first-order valence-electron chi connectivity index (χ1n) is 6.84. The van der Waals surface area contributed by atoms with Crippen molar-refractivity contribution >= 4 is 57.5 Å². The highest BCUT2D eigenvalue weighted by Crippen LogP contribution is 2.26. The van der Waals surface area contributed by atoms with E-state index in [1.54, 1.807) is 42.5 Å². The summed E-state index contributed by atoms with van der Waals surface area (Å²) < 4.78 is 6.16. The van der Waals surface area contributed by atoms with E-state index in [4.69, 9.17) is 4.74 Å². The van der Waals surface area contributed by atoms with Gasteiger partial charge < -0.3 is 4.74 Å². The van der Waals surface area contributed by atoms with Crippen LogP contribution in [0.5, 0.6) is 5.75 Å². The molecule has 2 aromatic rings. The highest BCUT2D eigenvalue weighted by Gasteiger charge is 2.24. The molecule has 1 aliphatic rings. The molecular weight excluding hydrogens is 441 g/mol. The van der Waals surface area contributed by atoms with Gasteiger partial charge in [-0.25, -0.2) is 4.79 Å². The Balaban J connectivity index is 1.72. The van der Waals surface area contributed by atoms with E-state index in [9.17, 15) is 14.4 Å². The molecule has 1 fully saturated rings. The summed E-state index contributed by atoms with van der Waals surface area (Å²) in [5, 5.41) is 1.81. The maximum Gasteiger partial charge on any atom is 0.344 e. The molecule has 2 amide bonds. The van der Waals surface area contributed by atoms with Crippen molar-refractivity contribution in [3.63, 3.8) is 0 Å². The van der Waals surface area contributed by atoms with Gasteiger partial charge in [-0.3, -0.25) is 14.9 Å². The lowest BCUT2D eigenvalue weighted by atomic mass is 10.2. The van der Waals surface area contributed by atoms with E-state index in [-0.39, 0.29) is 5.24 Å². The van der Waals surface area contributed by atoms with E-state index < -0.39 is 11.9 Å². The molecule has 1 saturated heterocycles. The second kappa shape index (κ2) is 7.18. The van der Waals surface area contributed by atoms with E-state index in [0.29, 0.717) is 16.2 Å². The fourth-order valence-corrected chi connectivity index (χ4v) is 3.28. The SMILES string of the molecule is O=C1NC(=O)/C(=C\c2ccc(OC(=O)c3ccccc3I)cc2)S1. The standard InChI is InChI=1S/C17H10INO4S/c18-13-4-2-1-3-12(13)16(21)23-11-7-5-10(6-8-11)9-14-15(20)19-17(22)24-14/h1-9H,(H,19,20,22)/b14-9+. The summed E-state index contributed by atoms with van der Waals surface area (Å²) in [6.07, 6.45) is 1.61. The van der Waals surface area contributed by atoms with Crippen molar-refractivity contribution < 1.29 is 19.1 Å². The Morgan fingerprint density at radius 2 is 1.79 bits per heavy atom. The molecule has 0 radical (unpaired) electrons. The van der Waals surface area contributed by atoms with Gasteiger partial charge in [0, 0.05) is 3.57 Å². The molecule has 24 heavy (non-hydrogen) atoms. The molecule has 7 heteroatoms. The van der Waals surface area contributed by atoms with Crippen LogP contribution in [0.3, 0.4) is 0 Å². The first-order valence-corrected chi connectivity index (χ1v) is 8.74. The number of thioether (sulfide) groups is 1. The van der Waals surface area contributed by atoms with Gasteiger partial charge in [0.1, 0.15) is 5.75 Å². The second-order valence-corrected chi connectivity index (χ2v) is 6.97. The van der Waals surface area contributed by atoms with Crippen LogP contribution in [0.25, 0.3) is 6.08 Å². The summed E-state index contributed by atoms with van der Waals surface area (Å²) in [4.78, 5) is 35.1. The minimum atomic E-state index is -0.428. The number of carbonyl (C=O) groups is 3. The van der Waals surface area contributed by atoms with E-state index in [0.717, 1.165) is 20.9 Å². The van der Waals surface area contributed by atoms with Crippen LogP contribution in [0, 0.1) is 3.57 Å². The van der Waals surface area contributed by atoms with Crippen molar-refractivity contribution in [2.24, 2.45) is 0 Å². The first kappa shape index (κ1) is 16.7. The molecule has 0 bridgehead atoms. The minimum Gasteiger partial charge on any atom is -0.423 e. The smallest absolute Gasteiger partial charge is 0.344 e. The summed E-state index contributed by atoms with van der Waals surface area (Å²) in [6, 6.07) is 13.9. The van der Waals surface area contributed by atoms with Crippen molar-refractivity contribution in [3.8, 4) is 5.75 Å². The summed E-state index contributed by atoms with van der Waals surface area (Å²) >= 11 is 2.94. The van der Waals surface area contributed by atoms with Gasteiger partial charge in [0.15, 0.2) is 0 Å². The number of benzene rings is 2. The number of hydrogen-bond donors (Lipinski definition) is 1. The lowest BCUT2D eigenvalue weighted by molar-refractivity contribution is -0.115. The summed E-state index contributed by atoms with van der Waals surface area (Å²) in [7, 11) is 0. The number of carbonyl (C=O) groups excluding carboxylic acids is 3. The Morgan fingerprint density at radius 3 is 2.42 bits per heavy atom. The second-order valence-electron chi connectivity index (χ2n) is 4.79. The van der Waals surface area contributed by atoms with E-state index in [1.807, 2.05) is 12.1 Å². The summed E-state index contributed by atoms with van der Waals surface area (Å²) in [5.74, 6) is -0.428. The molecule has 1 N–H and O–H groups in total. The maximum absolute atomic E-state index is 12.1. The predicted molar refractivity (Wildman–Crippen MR) is 99.7 cm³/mol. The number of ether oxygens (including phenoxy) is 1. The van der Waals surface area contributed by atoms with Crippen LogP contribution >= 0.6 is 34.4 Å². The van der Waals surface area contributed by atoms with Crippen molar-refractivity contribution in [1.82, 2.24) is 5.32 Å². The van der Waals surface area contributed by atoms with Crippen molar-refractivity contribution in [3.05, 3.63) is 68.1 Å². The molecule has 120 valence electrons. The maximum atomic E-state index is 12.1. The van der Waals surface area contributed by atoms with Crippen LogP contribution in [0.2, 0.25) is 0 Å². The zero-order chi connectivity index (χ0) is 17.1. The average molecular weight is 451 g/mol. The average Bonchev–Trinajstić information content (AvgIpc) is 2.87. The molecule has 1 aliphatic heterocycles. The number of amides is 2. The van der Waals surface area contributed by atoms with Crippen LogP contribution in [0.4, 0.5) is 4.79 Å². The molecule has 1 heterocycles. The van der Waals surface area contributed by atoms with Gasteiger partial charge >= 0.3 is 5.97 Å². The number of nitrogens with one attached hydrogen (secondary N) is 1. The third-order valence-corrected chi connectivity index (χ3v) is 4.88. The number of halogens is 1. The van der Waals surface area contributed by atoms with E-state index in [2.05, 4.69) is 27.9 Å². The van der Waals surface area contributed by atoms with E-state index >= 15 is 0 Å². The van der Waals surface area contributed by atoms with Gasteiger partial charge in [-0.15, -0.1) is 0 Å². The third-order valence-electron chi connectivity index (χ3n) is 3.12. The summed E-state index contributed by atoms with van der Waals surface area (Å²) in [6.45, 7) is 0. The number of esters is 1. The Kier molecular flexibility index (Phi) is 5.00. The van der Waals surface area contributed by atoms with Crippen LogP contribution in [0.1, 0.15) is 15.9 Å². The van der Waals surface area contributed by atoms with Gasteiger partial charge in [0.05, 0.1) is 10.5 Å². The van der Waals surface area contributed by atoms with Gasteiger partial charge in [-0.1, -0.05) is 24.3 Å². The van der Waals surface area contributed by atoms with Crippen molar-refractivity contribution in [2.45, 2.75) is 0 Å². The molecule has 0 atom stereocenters. The van der Waals surface area contributed by atoms with Gasteiger partial charge in [-0.2, -0.15) is 0 Å². The fourth-order valence-electron chi connectivity index (χ4n) is 1.99. The Hall–Kier alpha value is -2.13. The molecule has 0 unspecified atom stereocenters. The van der Waals surface area contributed by atoms with Crippen LogP contribution in [0.15, 0.2) is 53.4 Å². The normalized spacial score (nSPS) is 15.5. The molecule has 0 aliphatic carbocycles. The van der Waals surface area contributed by atoms with Crippen LogP contribution < -0.4 is 10.1 Å². The van der Waals surface area contributed by atoms with Crippen LogP contribution in [-0.2, 0) is 4.79 Å². The Morgan fingerprint density at radius 1 is 1.08 bits per heavy atom. The lowest BCUT2D eigenvalue weighted by Gasteiger charge is -2.06. The molecule has 0 spiro atoms. The molecule has 5 nitrogen and oxygen atoms in total. The topological polar surface area (TPSA) is 72.5 Å². The largest absolute Gasteiger partial charge is 0.423 e. The van der Waals surface area contributed by atoms with Crippen molar-refractivity contribution in [2.75, 3.05) is 0 Å².